The first kappa shape index (κ1) is 20.1. The molecule has 0 radical (unpaired) electrons. The lowest BCUT2D eigenvalue weighted by Crippen LogP contribution is -2.37. The molecule has 3 aromatic carbocycles. The van der Waals surface area contributed by atoms with Crippen molar-refractivity contribution in [1.82, 2.24) is 4.90 Å². The summed E-state index contributed by atoms with van der Waals surface area (Å²) >= 11 is 0. The summed E-state index contributed by atoms with van der Waals surface area (Å²) in [6.07, 6.45) is 1.65. The summed E-state index contributed by atoms with van der Waals surface area (Å²) in [5, 5.41) is 9.73. The quantitative estimate of drug-likeness (QED) is 0.559. The molecule has 4 rings (SSSR count). The van der Waals surface area contributed by atoms with E-state index in [0.29, 0.717) is 0 Å². The van der Waals surface area contributed by atoms with Gasteiger partial charge in [0.05, 0.1) is 6.07 Å². The van der Waals surface area contributed by atoms with Crippen molar-refractivity contribution in [3.05, 3.63) is 96.1 Å². The summed E-state index contributed by atoms with van der Waals surface area (Å²) in [6, 6.07) is 30.7. The van der Waals surface area contributed by atoms with Gasteiger partial charge in [-0.05, 0) is 48.2 Å². The maximum Gasteiger partial charge on any atom is 0.157 e. The highest BCUT2D eigenvalue weighted by Crippen LogP contribution is 2.29. The van der Waals surface area contributed by atoms with Crippen LogP contribution in [0.25, 0.3) is 11.1 Å². The zero-order chi connectivity index (χ0) is 20.8. The van der Waals surface area contributed by atoms with Gasteiger partial charge in [-0.1, -0.05) is 84.9 Å². The minimum atomic E-state index is -0.680. The summed E-state index contributed by atoms with van der Waals surface area (Å²) in [5.41, 5.74) is 4.33. The molecule has 0 bridgehead atoms. The molecule has 3 nitrogen and oxygen atoms in total. The van der Waals surface area contributed by atoms with E-state index < -0.39 is 5.92 Å². The van der Waals surface area contributed by atoms with Gasteiger partial charge in [0.1, 0.15) is 5.92 Å². The van der Waals surface area contributed by atoms with E-state index in [4.69, 9.17) is 0 Å². The smallest absolute Gasteiger partial charge is 0.157 e. The first-order valence-corrected chi connectivity index (χ1v) is 10.6. The van der Waals surface area contributed by atoms with Gasteiger partial charge in [0.2, 0.25) is 0 Å². The Morgan fingerprint density at radius 3 is 2.03 bits per heavy atom. The van der Waals surface area contributed by atoms with Crippen molar-refractivity contribution in [2.75, 3.05) is 13.1 Å². The van der Waals surface area contributed by atoms with Crippen LogP contribution >= 0.6 is 0 Å². The SMILES string of the molecule is N#CC(C(=O)C1CCN(Cc2ccccc2)CC1)c1ccc(-c2ccccc2)cc1. The number of benzene rings is 3. The summed E-state index contributed by atoms with van der Waals surface area (Å²) in [4.78, 5) is 15.5. The Kier molecular flexibility index (Phi) is 6.37. The second kappa shape index (κ2) is 9.52. The van der Waals surface area contributed by atoms with Crippen molar-refractivity contribution in [3.8, 4) is 17.2 Å². The van der Waals surface area contributed by atoms with Gasteiger partial charge in [-0.2, -0.15) is 5.26 Å². The van der Waals surface area contributed by atoms with Crippen molar-refractivity contribution in [1.29, 1.82) is 5.26 Å². The molecule has 30 heavy (non-hydrogen) atoms. The van der Waals surface area contributed by atoms with Crippen LogP contribution in [0.4, 0.5) is 0 Å². The topological polar surface area (TPSA) is 44.1 Å². The van der Waals surface area contributed by atoms with Crippen LogP contribution in [-0.2, 0) is 11.3 Å². The van der Waals surface area contributed by atoms with E-state index >= 15 is 0 Å². The minimum absolute atomic E-state index is 0.0320. The predicted octanol–water partition coefficient (Wildman–Crippen LogP) is 5.44. The molecule has 1 aliphatic rings. The number of nitrogens with zero attached hydrogens (tertiary/aromatic N) is 2. The molecule has 1 saturated heterocycles. The van der Waals surface area contributed by atoms with Gasteiger partial charge in [0.25, 0.3) is 0 Å². The van der Waals surface area contributed by atoms with Gasteiger partial charge < -0.3 is 0 Å². The van der Waals surface area contributed by atoms with Crippen molar-refractivity contribution >= 4 is 5.78 Å². The molecule has 0 aromatic heterocycles. The van der Waals surface area contributed by atoms with E-state index in [0.717, 1.165) is 49.2 Å². The van der Waals surface area contributed by atoms with Crippen LogP contribution in [0.2, 0.25) is 0 Å². The highest BCUT2D eigenvalue weighted by atomic mass is 16.1. The third kappa shape index (κ3) is 4.67. The molecular formula is C27H26N2O. The number of likely N-dealkylation sites (tertiary alicyclic amines) is 1. The van der Waals surface area contributed by atoms with Crippen LogP contribution in [0.3, 0.4) is 0 Å². The number of carbonyl (C=O) groups excluding carboxylic acids is 1. The van der Waals surface area contributed by atoms with Crippen LogP contribution in [-0.4, -0.2) is 23.8 Å². The third-order valence-electron chi connectivity index (χ3n) is 6.00. The maximum absolute atomic E-state index is 13.1. The Morgan fingerprint density at radius 1 is 0.867 bits per heavy atom. The first-order valence-electron chi connectivity index (χ1n) is 10.6. The number of Topliss-reactive ketones (excluding diaryl/α,β-unsaturated/α-hetero) is 1. The highest BCUT2D eigenvalue weighted by molar-refractivity contribution is 5.90. The van der Waals surface area contributed by atoms with Crippen molar-refractivity contribution in [3.63, 3.8) is 0 Å². The molecule has 3 heteroatoms. The molecule has 1 fully saturated rings. The molecule has 0 aliphatic carbocycles. The normalized spacial score (nSPS) is 16.0. The molecule has 1 unspecified atom stereocenters. The maximum atomic E-state index is 13.1. The highest BCUT2D eigenvalue weighted by Gasteiger charge is 2.31. The van der Waals surface area contributed by atoms with Gasteiger partial charge in [0, 0.05) is 12.5 Å². The summed E-state index contributed by atoms with van der Waals surface area (Å²) in [6.45, 7) is 2.72. The fourth-order valence-corrected chi connectivity index (χ4v) is 4.25. The molecular weight excluding hydrogens is 368 g/mol. The van der Waals surface area contributed by atoms with E-state index in [9.17, 15) is 10.1 Å². The zero-order valence-electron chi connectivity index (χ0n) is 17.1. The van der Waals surface area contributed by atoms with Crippen molar-refractivity contribution in [2.24, 2.45) is 5.92 Å². The van der Waals surface area contributed by atoms with Crippen LogP contribution in [0.15, 0.2) is 84.9 Å². The fourth-order valence-electron chi connectivity index (χ4n) is 4.25. The van der Waals surface area contributed by atoms with Gasteiger partial charge in [-0.25, -0.2) is 0 Å². The molecule has 150 valence electrons. The van der Waals surface area contributed by atoms with Crippen LogP contribution < -0.4 is 0 Å². The minimum Gasteiger partial charge on any atom is -0.299 e. The van der Waals surface area contributed by atoms with Crippen LogP contribution in [0.5, 0.6) is 0 Å². The fraction of sp³-hybridized carbons (Fsp3) is 0.259. The second-order valence-corrected chi connectivity index (χ2v) is 7.99. The lowest BCUT2D eigenvalue weighted by Gasteiger charge is -2.32. The average molecular weight is 395 g/mol. The third-order valence-corrected chi connectivity index (χ3v) is 6.00. The Hall–Kier alpha value is -3.22. The lowest BCUT2D eigenvalue weighted by atomic mass is 9.83. The van der Waals surface area contributed by atoms with Crippen LogP contribution in [0.1, 0.15) is 29.9 Å². The van der Waals surface area contributed by atoms with Crippen LogP contribution in [0, 0.1) is 17.2 Å². The molecule has 3 aromatic rings. The van der Waals surface area contributed by atoms with Gasteiger partial charge in [-0.15, -0.1) is 0 Å². The molecule has 1 heterocycles. The number of hydrogen-bond donors (Lipinski definition) is 0. The van der Waals surface area contributed by atoms with E-state index in [1.165, 1.54) is 5.56 Å². The summed E-state index contributed by atoms with van der Waals surface area (Å²) in [7, 11) is 0. The average Bonchev–Trinajstić information content (AvgIpc) is 2.82. The number of hydrogen-bond acceptors (Lipinski definition) is 3. The van der Waals surface area contributed by atoms with Gasteiger partial charge >= 0.3 is 0 Å². The van der Waals surface area contributed by atoms with Crippen molar-refractivity contribution in [2.45, 2.75) is 25.3 Å². The number of ketones is 1. The lowest BCUT2D eigenvalue weighted by molar-refractivity contribution is -0.124. The standard InChI is InChI=1S/C27H26N2O/c28-19-26(24-13-11-23(12-14-24)22-9-5-2-6-10-22)27(30)25-15-17-29(18-16-25)20-21-7-3-1-4-8-21/h1-14,25-26H,15-18,20H2. The number of piperidine rings is 1. The molecule has 0 spiro atoms. The monoisotopic (exact) mass is 394 g/mol. The predicted molar refractivity (Wildman–Crippen MR) is 120 cm³/mol. The van der Waals surface area contributed by atoms with E-state index in [-0.39, 0.29) is 11.7 Å². The Morgan fingerprint density at radius 2 is 1.43 bits per heavy atom. The molecule has 1 atom stereocenters. The zero-order valence-corrected chi connectivity index (χ0v) is 17.1. The molecule has 1 aliphatic heterocycles. The second-order valence-electron chi connectivity index (χ2n) is 7.99. The van der Waals surface area contributed by atoms with E-state index in [1.807, 2.05) is 48.5 Å². The Balaban J connectivity index is 1.38. The number of rotatable bonds is 6. The largest absolute Gasteiger partial charge is 0.299 e. The van der Waals surface area contributed by atoms with E-state index in [1.54, 1.807) is 0 Å². The number of carbonyl (C=O) groups is 1. The van der Waals surface area contributed by atoms with Gasteiger partial charge in [-0.3, -0.25) is 9.69 Å². The first-order chi connectivity index (χ1) is 14.7. The summed E-state index contributed by atoms with van der Waals surface area (Å²) in [5.74, 6) is -0.639. The van der Waals surface area contributed by atoms with E-state index in [2.05, 4.69) is 47.4 Å². The number of nitriles is 1. The molecule has 0 saturated carbocycles. The van der Waals surface area contributed by atoms with Gasteiger partial charge in [0.15, 0.2) is 5.78 Å². The molecule has 0 N–H and O–H groups in total. The Labute approximate surface area is 178 Å². The molecule has 0 amide bonds. The van der Waals surface area contributed by atoms with Crippen molar-refractivity contribution < 1.29 is 4.79 Å². The summed E-state index contributed by atoms with van der Waals surface area (Å²) < 4.78 is 0. The Bertz CT molecular complexity index is 998.